The molecule has 1 fully saturated rings. The van der Waals surface area contributed by atoms with Gasteiger partial charge in [0.05, 0.1) is 22.7 Å². The second-order valence-electron chi connectivity index (χ2n) is 5.25. The number of amides is 2. The fourth-order valence-electron chi connectivity index (χ4n) is 2.68. The van der Waals surface area contributed by atoms with Crippen LogP contribution in [0.3, 0.4) is 0 Å². The topological polar surface area (TPSA) is 82.5 Å². The van der Waals surface area contributed by atoms with Crippen LogP contribution in [0.15, 0.2) is 24.3 Å². The van der Waals surface area contributed by atoms with E-state index in [0.29, 0.717) is 6.54 Å². The zero-order chi connectivity index (χ0) is 15.5. The number of aromatic nitrogens is 1. The molecular weight excluding hydrogens is 302 g/mol. The first-order chi connectivity index (χ1) is 10.6. The van der Waals surface area contributed by atoms with E-state index in [1.807, 2.05) is 24.3 Å². The number of thiazole rings is 1. The van der Waals surface area contributed by atoms with E-state index in [1.165, 1.54) is 0 Å². The molecular formula is C15H17N3O3S. The number of para-hydroxylation sites is 1. The van der Waals surface area contributed by atoms with Gasteiger partial charge in [-0.1, -0.05) is 12.1 Å². The van der Waals surface area contributed by atoms with Crippen LogP contribution in [0.1, 0.15) is 30.3 Å². The summed E-state index contributed by atoms with van der Waals surface area (Å²) in [6.45, 7) is 0.830. The SMILES string of the molecule is O=C(O)CCNC(=O)N1CCCC1c1nc2ccccc2s1. The highest BCUT2D eigenvalue weighted by molar-refractivity contribution is 7.18. The summed E-state index contributed by atoms with van der Waals surface area (Å²) >= 11 is 1.62. The molecule has 0 radical (unpaired) electrons. The van der Waals surface area contributed by atoms with Gasteiger partial charge in [0.25, 0.3) is 0 Å². The summed E-state index contributed by atoms with van der Waals surface area (Å²) in [5, 5.41) is 12.3. The average molecular weight is 319 g/mol. The van der Waals surface area contributed by atoms with Crippen LogP contribution in [-0.4, -0.2) is 40.1 Å². The van der Waals surface area contributed by atoms with E-state index in [-0.39, 0.29) is 25.0 Å². The molecule has 0 aliphatic carbocycles. The van der Waals surface area contributed by atoms with Crippen LogP contribution in [0.2, 0.25) is 0 Å². The number of carboxylic acids is 1. The number of fused-ring (bicyclic) bond motifs is 1. The Morgan fingerprint density at radius 2 is 2.23 bits per heavy atom. The molecule has 2 N–H and O–H groups in total. The van der Waals surface area contributed by atoms with Crippen molar-refractivity contribution in [3.05, 3.63) is 29.3 Å². The molecule has 2 aromatic rings. The Hall–Kier alpha value is -2.15. The van der Waals surface area contributed by atoms with Crippen LogP contribution in [-0.2, 0) is 4.79 Å². The fourth-order valence-corrected chi connectivity index (χ4v) is 3.79. The predicted molar refractivity (Wildman–Crippen MR) is 84.0 cm³/mol. The van der Waals surface area contributed by atoms with Crippen molar-refractivity contribution in [1.29, 1.82) is 0 Å². The molecule has 7 heteroatoms. The molecule has 22 heavy (non-hydrogen) atoms. The Kier molecular flexibility index (Phi) is 4.24. The van der Waals surface area contributed by atoms with Gasteiger partial charge in [-0.05, 0) is 25.0 Å². The standard InChI is InChI=1S/C15H17N3O3S/c19-13(20)7-8-16-15(21)18-9-3-5-11(18)14-17-10-4-1-2-6-12(10)22-14/h1-2,4,6,11H,3,5,7-9H2,(H,16,21)(H,19,20). The summed E-state index contributed by atoms with van der Waals surface area (Å²) in [5.41, 5.74) is 0.959. The van der Waals surface area contributed by atoms with Crippen molar-refractivity contribution >= 4 is 33.6 Å². The maximum atomic E-state index is 12.2. The van der Waals surface area contributed by atoms with E-state index >= 15 is 0 Å². The van der Waals surface area contributed by atoms with E-state index in [0.717, 1.165) is 28.1 Å². The van der Waals surface area contributed by atoms with Gasteiger partial charge in [0.15, 0.2) is 0 Å². The van der Waals surface area contributed by atoms with Gasteiger partial charge >= 0.3 is 12.0 Å². The molecule has 3 rings (SSSR count). The van der Waals surface area contributed by atoms with Crippen molar-refractivity contribution < 1.29 is 14.7 Å². The zero-order valence-electron chi connectivity index (χ0n) is 12.0. The third-order valence-corrected chi connectivity index (χ3v) is 4.86. The molecule has 1 aromatic heterocycles. The third-order valence-electron chi connectivity index (χ3n) is 3.72. The number of likely N-dealkylation sites (tertiary alicyclic amines) is 1. The Balaban J connectivity index is 1.72. The van der Waals surface area contributed by atoms with Gasteiger partial charge in [-0.2, -0.15) is 0 Å². The quantitative estimate of drug-likeness (QED) is 0.907. The number of hydrogen-bond donors (Lipinski definition) is 2. The smallest absolute Gasteiger partial charge is 0.318 e. The van der Waals surface area contributed by atoms with Crippen LogP contribution in [0.25, 0.3) is 10.2 Å². The number of hydrogen-bond acceptors (Lipinski definition) is 4. The number of benzene rings is 1. The lowest BCUT2D eigenvalue weighted by atomic mass is 10.2. The number of urea groups is 1. The molecule has 1 saturated heterocycles. The minimum absolute atomic E-state index is 0.0118. The molecule has 1 unspecified atom stereocenters. The molecule has 1 aromatic carbocycles. The lowest BCUT2D eigenvalue weighted by Crippen LogP contribution is -2.40. The van der Waals surface area contributed by atoms with Crippen molar-refractivity contribution in [2.45, 2.75) is 25.3 Å². The van der Waals surface area contributed by atoms with Crippen molar-refractivity contribution in [3.8, 4) is 0 Å². The minimum Gasteiger partial charge on any atom is -0.481 e. The molecule has 2 amide bonds. The Morgan fingerprint density at radius 3 is 3.00 bits per heavy atom. The van der Waals surface area contributed by atoms with E-state index in [9.17, 15) is 9.59 Å². The lowest BCUT2D eigenvalue weighted by molar-refractivity contribution is -0.136. The highest BCUT2D eigenvalue weighted by Gasteiger charge is 2.32. The van der Waals surface area contributed by atoms with E-state index in [1.54, 1.807) is 16.2 Å². The number of nitrogens with zero attached hydrogens (tertiary/aromatic N) is 2. The van der Waals surface area contributed by atoms with Crippen LogP contribution < -0.4 is 5.32 Å². The zero-order valence-corrected chi connectivity index (χ0v) is 12.8. The van der Waals surface area contributed by atoms with Crippen LogP contribution >= 0.6 is 11.3 Å². The Morgan fingerprint density at radius 1 is 1.41 bits per heavy atom. The number of aliphatic carboxylic acids is 1. The molecule has 0 saturated carbocycles. The van der Waals surface area contributed by atoms with Crippen LogP contribution in [0.4, 0.5) is 4.79 Å². The summed E-state index contributed by atoms with van der Waals surface area (Å²) in [6.07, 6.45) is 1.77. The normalized spacial score (nSPS) is 17.8. The highest BCUT2D eigenvalue weighted by Crippen LogP contribution is 2.36. The monoisotopic (exact) mass is 319 g/mol. The summed E-state index contributed by atoms with van der Waals surface area (Å²) in [4.78, 5) is 29.1. The van der Waals surface area contributed by atoms with E-state index in [2.05, 4.69) is 10.3 Å². The summed E-state index contributed by atoms with van der Waals surface area (Å²) < 4.78 is 1.12. The first kappa shape index (κ1) is 14.8. The minimum atomic E-state index is -0.913. The lowest BCUT2D eigenvalue weighted by Gasteiger charge is -2.23. The van der Waals surface area contributed by atoms with E-state index < -0.39 is 5.97 Å². The molecule has 2 heterocycles. The molecule has 1 aliphatic rings. The molecule has 0 bridgehead atoms. The Labute approximate surface area is 131 Å². The van der Waals surface area contributed by atoms with Crippen molar-refractivity contribution in [1.82, 2.24) is 15.2 Å². The van der Waals surface area contributed by atoms with Gasteiger partial charge in [0.2, 0.25) is 0 Å². The second kappa shape index (κ2) is 6.31. The van der Waals surface area contributed by atoms with Crippen LogP contribution in [0, 0.1) is 0 Å². The second-order valence-corrected chi connectivity index (χ2v) is 6.31. The highest BCUT2D eigenvalue weighted by atomic mass is 32.1. The number of nitrogens with one attached hydrogen (secondary N) is 1. The molecule has 1 aliphatic heterocycles. The first-order valence-corrected chi connectivity index (χ1v) is 8.08. The average Bonchev–Trinajstić information content (AvgIpc) is 3.12. The Bertz CT molecular complexity index is 667. The molecule has 0 spiro atoms. The van der Waals surface area contributed by atoms with Crippen molar-refractivity contribution in [3.63, 3.8) is 0 Å². The van der Waals surface area contributed by atoms with Gasteiger partial charge in [-0.3, -0.25) is 4.79 Å². The van der Waals surface area contributed by atoms with Crippen LogP contribution in [0.5, 0.6) is 0 Å². The van der Waals surface area contributed by atoms with E-state index in [4.69, 9.17) is 5.11 Å². The maximum Gasteiger partial charge on any atom is 0.318 e. The number of carbonyl (C=O) groups excluding carboxylic acids is 1. The summed E-state index contributed by atoms with van der Waals surface area (Å²) in [6, 6.07) is 7.72. The number of carboxylic acid groups (broad SMARTS) is 1. The van der Waals surface area contributed by atoms with Gasteiger partial charge in [0.1, 0.15) is 5.01 Å². The van der Waals surface area contributed by atoms with Crippen molar-refractivity contribution in [2.75, 3.05) is 13.1 Å². The molecule has 1 atom stereocenters. The maximum absolute atomic E-state index is 12.2. The largest absolute Gasteiger partial charge is 0.481 e. The first-order valence-electron chi connectivity index (χ1n) is 7.27. The fraction of sp³-hybridized carbons (Fsp3) is 0.400. The van der Waals surface area contributed by atoms with Crippen molar-refractivity contribution in [2.24, 2.45) is 0 Å². The van der Waals surface area contributed by atoms with Gasteiger partial charge in [0, 0.05) is 13.1 Å². The van der Waals surface area contributed by atoms with Gasteiger partial charge < -0.3 is 15.3 Å². The molecule has 6 nitrogen and oxygen atoms in total. The third kappa shape index (κ3) is 3.04. The van der Waals surface area contributed by atoms with Gasteiger partial charge in [-0.25, -0.2) is 9.78 Å². The molecule has 116 valence electrons. The number of carbonyl (C=O) groups is 2. The number of rotatable bonds is 4. The summed E-state index contributed by atoms with van der Waals surface area (Å²) in [5.74, 6) is -0.913. The van der Waals surface area contributed by atoms with Gasteiger partial charge in [-0.15, -0.1) is 11.3 Å². The summed E-state index contributed by atoms with van der Waals surface area (Å²) in [7, 11) is 0. The predicted octanol–water partition coefficient (Wildman–Crippen LogP) is 2.62.